The zero-order chi connectivity index (χ0) is 18.8. The Hall–Kier alpha value is -2.20. The third kappa shape index (κ3) is 4.67. The number of alkyl halides is 3. The zero-order valence-corrected chi connectivity index (χ0v) is 14.8. The van der Waals surface area contributed by atoms with Crippen LogP contribution in [0.4, 0.5) is 29.3 Å². The van der Waals surface area contributed by atoms with Crippen molar-refractivity contribution in [3.8, 4) is 0 Å². The topological polar surface area (TPSA) is 75.4 Å². The summed E-state index contributed by atoms with van der Waals surface area (Å²) in [7, 11) is 0. The summed E-state index contributed by atoms with van der Waals surface area (Å²) in [4.78, 5) is 23.1. The number of thiol groups is 1. The maximum atomic E-state index is 12.9. The highest BCUT2D eigenvalue weighted by Crippen LogP contribution is 2.36. The van der Waals surface area contributed by atoms with Crippen LogP contribution in [-0.4, -0.2) is 11.9 Å². The van der Waals surface area contributed by atoms with Crippen molar-refractivity contribution >= 4 is 52.1 Å². The van der Waals surface area contributed by atoms with E-state index in [4.69, 9.17) is 5.73 Å². The van der Waals surface area contributed by atoms with Crippen LogP contribution in [0.2, 0.25) is 0 Å². The molecule has 5 nitrogen and oxygen atoms in total. The van der Waals surface area contributed by atoms with Crippen molar-refractivity contribution in [3.05, 3.63) is 58.1 Å². The van der Waals surface area contributed by atoms with E-state index in [-0.39, 0.29) is 15.7 Å². The zero-order valence-electron chi connectivity index (χ0n) is 12.3. The average molecular weight is 434 g/mol. The predicted octanol–water partition coefficient (Wildman–Crippen LogP) is 4.45. The van der Waals surface area contributed by atoms with E-state index in [1.165, 1.54) is 36.4 Å². The summed E-state index contributed by atoms with van der Waals surface area (Å²) in [5.41, 5.74) is 4.70. The quantitative estimate of drug-likeness (QED) is 0.625. The number of anilines is 2. The summed E-state index contributed by atoms with van der Waals surface area (Å²) in [6.45, 7) is 0. The second-order valence-electron chi connectivity index (χ2n) is 4.85. The van der Waals surface area contributed by atoms with Crippen LogP contribution in [0.3, 0.4) is 0 Å². The van der Waals surface area contributed by atoms with Gasteiger partial charge in [-0.15, -0.1) is 0 Å². The molecule has 0 unspecified atom stereocenters. The Morgan fingerprint density at radius 3 is 2.24 bits per heavy atom. The van der Waals surface area contributed by atoms with Gasteiger partial charge in [-0.3, -0.25) is 4.79 Å². The molecule has 10 heteroatoms. The first kappa shape index (κ1) is 19.1. The summed E-state index contributed by atoms with van der Waals surface area (Å²) in [6.07, 6.45) is -4.56. The van der Waals surface area contributed by atoms with E-state index in [1.807, 2.05) is 0 Å². The molecular weight excluding hydrogens is 423 g/mol. The molecule has 0 saturated carbocycles. The van der Waals surface area contributed by atoms with Gasteiger partial charge in [0.05, 0.1) is 11.3 Å². The van der Waals surface area contributed by atoms with Gasteiger partial charge >= 0.3 is 12.2 Å². The van der Waals surface area contributed by atoms with Gasteiger partial charge in [-0.05, 0) is 42.5 Å². The largest absolute Gasteiger partial charge is 0.417 e. The van der Waals surface area contributed by atoms with Crippen LogP contribution in [0.25, 0.3) is 0 Å². The predicted molar refractivity (Wildman–Crippen MR) is 94.6 cm³/mol. The molecule has 0 aliphatic rings. The SMILES string of the molecule is NC(=O)c1ccc(N(S)C(=O)Nc2ccc(Br)c(C(F)(F)F)c2)cc1. The van der Waals surface area contributed by atoms with E-state index in [9.17, 15) is 22.8 Å². The molecule has 132 valence electrons. The van der Waals surface area contributed by atoms with Crippen LogP contribution in [0, 0.1) is 0 Å². The van der Waals surface area contributed by atoms with E-state index in [0.29, 0.717) is 5.69 Å². The summed E-state index contributed by atoms with van der Waals surface area (Å²) < 4.78 is 39.4. The second-order valence-corrected chi connectivity index (χ2v) is 6.10. The van der Waals surface area contributed by atoms with Gasteiger partial charge in [0.15, 0.2) is 0 Å². The first-order valence-corrected chi connectivity index (χ1v) is 7.85. The van der Waals surface area contributed by atoms with Crippen molar-refractivity contribution in [1.29, 1.82) is 0 Å². The number of primary amides is 1. The normalized spacial score (nSPS) is 11.1. The van der Waals surface area contributed by atoms with Crippen molar-refractivity contribution < 1.29 is 22.8 Å². The Morgan fingerprint density at radius 2 is 1.72 bits per heavy atom. The number of benzene rings is 2. The number of nitrogens with two attached hydrogens (primary N) is 1. The molecule has 0 aliphatic heterocycles. The number of rotatable bonds is 3. The molecule has 2 aromatic carbocycles. The van der Waals surface area contributed by atoms with Gasteiger partial charge < -0.3 is 11.1 Å². The smallest absolute Gasteiger partial charge is 0.366 e. The molecule has 0 aromatic heterocycles. The molecule has 0 spiro atoms. The standard InChI is InChI=1S/C15H11BrF3N3O2S/c16-12-6-3-9(7-11(12)15(17,18)19)21-14(24)22(25)10-4-1-8(2-5-10)13(20)23/h1-7,25H,(H2,20,23)(H,21,24). The lowest BCUT2D eigenvalue weighted by molar-refractivity contribution is -0.138. The molecule has 0 saturated heterocycles. The minimum atomic E-state index is -4.56. The van der Waals surface area contributed by atoms with Crippen LogP contribution in [0.15, 0.2) is 46.9 Å². The average Bonchev–Trinajstić information content (AvgIpc) is 2.55. The minimum absolute atomic E-state index is 0.0478. The molecule has 0 radical (unpaired) electrons. The van der Waals surface area contributed by atoms with E-state index in [1.54, 1.807) is 0 Å². The first-order valence-electron chi connectivity index (χ1n) is 6.66. The number of halogens is 4. The summed E-state index contributed by atoms with van der Waals surface area (Å²) >= 11 is 6.83. The highest BCUT2D eigenvalue weighted by atomic mass is 79.9. The molecule has 25 heavy (non-hydrogen) atoms. The molecule has 3 N–H and O–H groups in total. The first-order chi connectivity index (χ1) is 11.6. The van der Waals surface area contributed by atoms with Gasteiger partial charge in [-0.2, -0.15) is 13.2 Å². The summed E-state index contributed by atoms with van der Waals surface area (Å²) in [5.74, 6) is -0.628. The van der Waals surface area contributed by atoms with E-state index >= 15 is 0 Å². The van der Waals surface area contributed by atoms with Gasteiger partial charge in [0.1, 0.15) is 0 Å². The van der Waals surface area contributed by atoms with Crippen LogP contribution >= 0.6 is 28.7 Å². The van der Waals surface area contributed by atoms with Gasteiger partial charge in [0.2, 0.25) is 5.91 Å². The van der Waals surface area contributed by atoms with Crippen LogP contribution in [0.1, 0.15) is 15.9 Å². The molecule has 2 rings (SSSR count). The number of hydrogen-bond donors (Lipinski definition) is 3. The van der Waals surface area contributed by atoms with Crippen molar-refractivity contribution in [1.82, 2.24) is 0 Å². The Labute approximate surface area is 154 Å². The minimum Gasteiger partial charge on any atom is -0.366 e. The Balaban J connectivity index is 2.17. The highest BCUT2D eigenvalue weighted by molar-refractivity contribution is 9.10. The van der Waals surface area contributed by atoms with Crippen molar-refractivity contribution in [2.45, 2.75) is 6.18 Å². The molecule has 0 heterocycles. The van der Waals surface area contributed by atoms with Crippen LogP contribution in [0.5, 0.6) is 0 Å². The van der Waals surface area contributed by atoms with E-state index < -0.39 is 23.7 Å². The summed E-state index contributed by atoms with van der Waals surface area (Å²) in [6, 6.07) is 8.18. The fourth-order valence-electron chi connectivity index (χ4n) is 1.88. The number of nitrogens with zero attached hydrogens (tertiary/aromatic N) is 1. The Kier molecular flexibility index (Phi) is 5.63. The maximum Gasteiger partial charge on any atom is 0.417 e. The van der Waals surface area contributed by atoms with Crippen molar-refractivity contribution in [2.24, 2.45) is 5.73 Å². The number of nitrogens with one attached hydrogen (secondary N) is 1. The van der Waals surface area contributed by atoms with Gasteiger partial charge in [-0.1, -0.05) is 28.7 Å². The highest BCUT2D eigenvalue weighted by Gasteiger charge is 2.33. The van der Waals surface area contributed by atoms with Crippen molar-refractivity contribution in [3.63, 3.8) is 0 Å². The molecule has 0 atom stereocenters. The lowest BCUT2D eigenvalue weighted by Crippen LogP contribution is -2.27. The molecular formula is C15H11BrF3N3O2S. The lowest BCUT2D eigenvalue weighted by Gasteiger charge is -2.18. The van der Waals surface area contributed by atoms with Crippen LogP contribution < -0.4 is 15.4 Å². The Bertz CT molecular complexity index is 813. The number of carbonyl (C=O) groups is 2. The summed E-state index contributed by atoms with van der Waals surface area (Å²) in [5, 5.41) is 2.32. The number of hydrogen-bond acceptors (Lipinski definition) is 3. The van der Waals surface area contributed by atoms with E-state index in [0.717, 1.165) is 10.4 Å². The maximum absolute atomic E-state index is 12.9. The molecule has 3 amide bonds. The fourth-order valence-corrected chi connectivity index (χ4v) is 2.54. The number of amides is 3. The van der Waals surface area contributed by atoms with Gasteiger partial charge in [0, 0.05) is 15.7 Å². The number of carbonyl (C=O) groups excluding carboxylic acids is 2. The van der Waals surface area contributed by atoms with Crippen molar-refractivity contribution in [2.75, 3.05) is 9.62 Å². The monoisotopic (exact) mass is 433 g/mol. The van der Waals surface area contributed by atoms with Crippen LogP contribution in [-0.2, 0) is 6.18 Å². The van der Waals surface area contributed by atoms with Gasteiger partial charge in [-0.25, -0.2) is 9.10 Å². The van der Waals surface area contributed by atoms with Gasteiger partial charge in [0.25, 0.3) is 0 Å². The lowest BCUT2D eigenvalue weighted by atomic mass is 10.2. The third-order valence-corrected chi connectivity index (χ3v) is 4.22. The molecule has 2 aromatic rings. The molecule has 0 aliphatic carbocycles. The third-order valence-electron chi connectivity index (χ3n) is 3.11. The molecule has 0 bridgehead atoms. The fraction of sp³-hybridized carbons (Fsp3) is 0.0667. The second kappa shape index (κ2) is 7.36. The Morgan fingerprint density at radius 1 is 1.12 bits per heavy atom. The molecule has 0 fully saturated rings. The van der Waals surface area contributed by atoms with E-state index in [2.05, 4.69) is 34.1 Å². The number of urea groups is 1.